The zero-order valence-corrected chi connectivity index (χ0v) is 13.5. The van der Waals surface area contributed by atoms with E-state index >= 15 is 0 Å². The monoisotopic (exact) mass is 347 g/mol. The quantitative estimate of drug-likeness (QED) is 0.730. The first-order valence-corrected chi connectivity index (χ1v) is 7.42. The predicted octanol–water partition coefficient (Wildman–Crippen LogP) is 4.92. The smallest absolute Gasteiger partial charge is 0.336 e. The molecule has 0 bridgehead atoms. The number of ether oxygens (including phenoxy) is 1. The van der Waals surface area contributed by atoms with Gasteiger partial charge in [-0.3, -0.25) is 0 Å². The lowest BCUT2D eigenvalue weighted by Gasteiger charge is -2.09. The van der Waals surface area contributed by atoms with E-state index in [1.54, 1.807) is 36.4 Å². The molecule has 0 saturated carbocycles. The molecule has 1 aromatic heterocycles. The molecule has 3 aromatic rings. The van der Waals surface area contributed by atoms with Crippen molar-refractivity contribution in [3.63, 3.8) is 0 Å². The number of aromatic carboxylic acids is 1. The summed E-state index contributed by atoms with van der Waals surface area (Å²) in [5, 5.41) is 10.8. The highest BCUT2D eigenvalue weighted by molar-refractivity contribution is 6.42. The molecule has 116 valence electrons. The number of hydrogen-bond acceptors (Lipinski definition) is 3. The Morgan fingerprint density at radius 3 is 2.52 bits per heavy atom. The Morgan fingerprint density at radius 1 is 1.09 bits per heavy atom. The molecule has 0 unspecified atom stereocenters. The first kappa shape index (κ1) is 15.6. The maximum Gasteiger partial charge on any atom is 0.336 e. The highest BCUT2D eigenvalue weighted by atomic mass is 35.5. The summed E-state index contributed by atoms with van der Waals surface area (Å²) < 4.78 is 5.15. The van der Waals surface area contributed by atoms with Crippen LogP contribution in [0.4, 0.5) is 0 Å². The van der Waals surface area contributed by atoms with Crippen molar-refractivity contribution >= 4 is 40.1 Å². The molecular weight excluding hydrogens is 337 g/mol. The molecule has 0 amide bonds. The summed E-state index contributed by atoms with van der Waals surface area (Å²) in [7, 11) is 1.53. The van der Waals surface area contributed by atoms with Crippen LogP contribution in [-0.2, 0) is 0 Å². The minimum atomic E-state index is -1.04. The summed E-state index contributed by atoms with van der Waals surface area (Å²) in [5.41, 5.74) is 1.92. The topological polar surface area (TPSA) is 59.4 Å². The lowest BCUT2D eigenvalue weighted by atomic mass is 10.0. The van der Waals surface area contributed by atoms with Gasteiger partial charge in [0, 0.05) is 10.9 Å². The number of carbonyl (C=O) groups is 1. The first-order valence-electron chi connectivity index (χ1n) is 6.67. The summed E-state index contributed by atoms with van der Waals surface area (Å²) in [4.78, 5) is 16.1. The molecule has 6 heteroatoms. The van der Waals surface area contributed by atoms with Crippen LogP contribution >= 0.6 is 23.2 Å². The molecule has 0 aliphatic rings. The molecule has 1 N–H and O–H groups in total. The molecular formula is C17H11Cl2NO3. The number of benzene rings is 2. The molecule has 2 aromatic carbocycles. The number of rotatable bonds is 3. The van der Waals surface area contributed by atoms with Gasteiger partial charge in [-0.05, 0) is 36.4 Å². The Kier molecular flexibility index (Phi) is 4.11. The second-order valence-corrected chi connectivity index (χ2v) is 5.69. The van der Waals surface area contributed by atoms with E-state index in [-0.39, 0.29) is 5.56 Å². The fraction of sp³-hybridized carbons (Fsp3) is 0.0588. The molecule has 0 fully saturated rings. The number of carboxylic acid groups (broad SMARTS) is 1. The molecule has 0 saturated heterocycles. The molecule has 0 aliphatic carbocycles. The van der Waals surface area contributed by atoms with E-state index in [1.807, 2.05) is 0 Å². The lowest BCUT2D eigenvalue weighted by molar-refractivity contribution is 0.0699. The summed E-state index contributed by atoms with van der Waals surface area (Å²) in [6, 6.07) is 11.7. The van der Waals surface area contributed by atoms with Gasteiger partial charge in [0.05, 0.1) is 33.9 Å². The van der Waals surface area contributed by atoms with Crippen molar-refractivity contribution in [1.82, 2.24) is 4.98 Å². The predicted molar refractivity (Wildman–Crippen MR) is 90.7 cm³/mol. The summed E-state index contributed by atoms with van der Waals surface area (Å²) >= 11 is 11.9. The van der Waals surface area contributed by atoms with Gasteiger partial charge in [-0.1, -0.05) is 29.3 Å². The molecule has 0 radical (unpaired) electrons. The number of hydrogen-bond donors (Lipinski definition) is 1. The van der Waals surface area contributed by atoms with Crippen molar-refractivity contribution in [2.24, 2.45) is 0 Å². The van der Waals surface area contributed by atoms with E-state index in [0.717, 1.165) is 0 Å². The zero-order chi connectivity index (χ0) is 16.6. The highest BCUT2D eigenvalue weighted by Crippen LogP contribution is 2.31. The number of methoxy groups -OCH3 is 1. The fourth-order valence-corrected chi connectivity index (χ4v) is 2.61. The average molecular weight is 348 g/mol. The van der Waals surface area contributed by atoms with E-state index < -0.39 is 5.97 Å². The molecule has 0 atom stereocenters. The van der Waals surface area contributed by atoms with Gasteiger partial charge < -0.3 is 9.84 Å². The molecule has 0 spiro atoms. The van der Waals surface area contributed by atoms with Gasteiger partial charge in [0.25, 0.3) is 0 Å². The normalized spacial score (nSPS) is 10.7. The molecule has 4 nitrogen and oxygen atoms in total. The van der Waals surface area contributed by atoms with Gasteiger partial charge in [-0.25, -0.2) is 9.78 Å². The van der Waals surface area contributed by atoms with Gasteiger partial charge in [-0.15, -0.1) is 0 Å². The fourth-order valence-electron chi connectivity index (χ4n) is 2.31. The standard InChI is InChI=1S/C17H11Cl2NO3/c1-23-10-3-5-15-11(7-10)12(17(21)22)8-16(20-15)9-2-4-13(18)14(19)6-9/h2-8H,1H3,(H,21,22). The highest BCUT2D eigenvalue weighted by Gasteiger charge is 2.14. The Labute approximate surface area is 142 Å². The van der Waals surface area contributed by atoms with Crippen LogP contribution in [0.15, 0.2) is 42.5 Å². The first-order chi connectivity index (χ1) is 11.0. The van der Waals surface area contributed by atoms with Crippen molar-refractivity contribution in [3.05, 3.63) is 58.1 Å². The maximum absolute atomic E-state index is 11.6. The van der Waals surface area contributed by atoms with Gasteiger partial charge in [0.2, 0.25) is 0 Å². The minimum Gasteiger partial charge on any atom is -0.497 e. The third-order valence-corrected chi connectivity index (χ3v) is 4.20. The average Bonchev–Trinajstić information content (AvgIpc) is 2.55. The number of nitrogens with zero attached hydrogens (tertiary/aromatic N) is 1. The number of fused-ring (bicyclic) bond motifs is 1. The maximum atomic E-state index is 11.6. The van der Waals surface area contributed by atoms with Crippen LogP contribution in [0.1, 0.15) is 10.4 Å². The molecule has 3 rings (SSSR count). The van der Waals surface area contributed by atoms with Crippen LogP contribution in [0, 0.1) is 0 Å². The van der Waals surface area contributed by atoms with Crippen molar-refractivity contribution in [2.45, 2.75) is 0 Å². The molecule has 1 heterocycles. The van der Waals surface area contributed by atoms with E-state index in [9.17, 15) is 9.90 Å². The van der Waals surface area contributed by atoms with E-state index in [2.05, 4.69) is 4.98 Å². The van der Waals surface area contributed by atoms with Gasteiger partial charge >= 0.3 is 5.97 Å². The lowest BCUT2D eigenvalue weighted by Crippen LogP contribution is -2.00. The van der Waals surface area contributed by atoms with Crippen LogP contribution in [0.5, 0.6) is 5.75 Å². The number of aromatic nitrogens is 1. The third kappa shape index (κ3) is 2.96. The van der Waals surface area contributed by atoms with Crippen molar-refractivity contribution in [3.8, 4) is 17.0 Å². The van der Waals surface area contributed by atoms with Crippen molar-refractivity contribution < 1.29 is 14.6 Å². The van der Waals surface area contributed by atoms with Crippen LogP contribution in [0.3, 0.4) is 0 Å². The van der Waals surface area contributed by atoms with Crippen LogP contribution < -0.4 is 4.74 Å². The van der Waals surface area contributed by atoms with E-state index in [4.69, 9.17) is 27.9 Å². The Hall–Kier alpha value is -2.30. The third-order valence-electron chi connectivity index (χ3n) is 3.46. The minimum absolute atomic E-state index is 0.148. The summed E-state index contributed by atoms with van der Waals surface area (Å²) in [6.07, 6.45) is 0. The van der Waals surface area contributed by atoms with Crippen LogP contribution in [-0.4, -0.2) is 23.2 Å². The molecule has 0 aliphatic heterocycles. The van der Waals surface area contributed by atoms with E-state index in [0.29, 0.717) is 38.0 Å². The molecule has 23 heavy (non-hydrogen) atoms. The Bertz CT molecular complexity index is 925. The van der Waals surface area contributed by atoms with Gasteiger partial charge in [0.1, 0.15) is 5.75 Å². The number of halogens is 2. The summed E-state index contributed by atoms with van der Waals surface area (Å²) in [6.45, 7) is 0. The van der Waals surface area contributed by atoms with E-state index in [1.165, 1.54) is 13.2 Å². The van der Waals surface area contributed by atoms with Crippen molar-refractivity contribution in [1.29, 1.82) is 0 Å². The summed E-state index contributed by atoms with van der Waals surface area (Å²) in [5.74, 6) is -0.462. The van der Waals surface area contributed by atoms with Gasteiger partial charge in [-0.2, -0.15) is 0 Å². The SMILES string of the molecule is COc1ccc2nc(-c3ccc(Cl)c(Cl)c3)cc(C(=O)O)c2c1. The Balaban J connectivity index is 2.26. The largest absolute Gasteiger partial charge is 0.497 e. The van der Waals surface area contributed by atoms with Crippen molar-refractivity contribution in [2.75, 3.05) is 7.11 Å². The second-order valence-electron chi connectivity index (χ2n) is 4.87. The van der Waals surface area contributed by atoms with Crippen LogP contribution in [0.25, 0.3) is 22.2 Å². The zero-order valence-electron chi connectivity index (χ0n) is 12.0. The number of carboxylic acids is 1. The number of pyridine rings is 1. The Morgan fingerprint density at radius 2 is 1.87 bits per heavy atom. The van der Waals surface area contributed by atoms with Gasteiger partial charge in [0.15, 0.2) is 0 Å². The second kappa shape index (κ2) is 6.07. The van der Waals surface area contributed by atoms with Crippen LogP contribution in [0.2, 0.25) is 10.0 Å².